The second kappa shape index (κ2) is 6.68. The molecule has 0 aliphatic carbocycles. The van der Waals surface area contributed by atoms with Crippen molar-refractivity contribution in [2.75, 3.05) is 20.2 Å². The fraction of sp³-hybridized carbons (Fsp3) is 0.533. The largest absolute Gasteiger partial charge is 0.469 e. The molecule has 1 heterocycles. The number of piperidine rings is 1. The molecular weight excluding hydrogens is 240 g/mol. The quantitative estimate of drug-likeness (QED) is 0.832. The summed E-state index contributed by atoms with van der Waals surface area (Å²) >= 11 is 0. The lowest BCUT2D eigenvalue weighted by molar-refractivity contribution is -0.139. The Bertz CT molecular complexity index is 426. The minimum Gasteiger partial charge on any atom is -0.469 e. The number of likely N-dealkylation sites (tertiary alicyclic amines) is 1. The number of methoxy groups -OCH3 is 1. The van der Waals surface area contributed by atoms with Gasteiger partial charge in [0.2, 0.25) is 0 Å². The van der Waals surface area contributed by atoms with Crippen molar-refractivity contribution < 1.29 is 9.53 Å². The number of nitrogens with two attached hydrogens (primary N) is 1. The van der Waals surface area contributed by atoms with Crippen molar-refractivity contribution in [2.24, 2.45) is 5.73 Å². The predicted octanol–water partition coefficient (Wildman–Crippen LogP) is 1.33. The smallest absolute Gasteiger partial charge is 0.309 e. The minimum absolute atomic E-state index is 0.193. The predicted molar refractivity (Wildman–Crippen MR) is 74.6 cm³/mol. The van der Waals surface area contributed by atoms with Crippen molar-refractivity contribution >= 4 is 5.97 Å². The second-order valence-electron chi connectivity index (χ2n) is 5.19. The van der Waals surface area contributed by atoms with E-state index in [0.717, 1.165) is 38.0 Å². The van der Waals surface area contributed by atoms with E-state index in [1.165, 1.54) is 12.7 Å². The van der Waals surface area contributed by atoms with Crippen LogP contribution in [0, 0.1) is 0 Å². The first-order valence-electron chi connectivity index (χ1n) is 6.80. The molecule has 2 rings (SSSR count). The molecule has 19 heavy (non-hydrogen) atoms. The monoisotopic (exact) mass is 262 g/mol. The van der Waals surface area contributed by atoms with Gasteiger partial charge in [0.15, 0.2) is 0 Å². The summed E-state index contributed by atoms with van der Waals surface area (Å²) in [5, 5.41) is 0. The van der Waals surface area contributed by atoms with Crippen LogP contribution in [-0.2, 0) is 22.5 Å². The van der Waals surface area contributed by atoms with Gasteiger partial charge in [-0.3, -0.25) is 9.69 Å². The van der Waals surface area contributed by atoms with Crippen LogP contribution in [0.5, 0.6) is 0 Å². The third kappa shape index (κ3) is 4.33. The molecule has 0 radical (unpaired) electrons. The summed E-state index contributed by atoms with van der Waals surface area (Å²) in [5.74, 6) is -0.193. The number of benzene rings is 1. The highest BCUT2D eigenvalue weighted by molar-refractivity contribution is 5.72. The molecule has 0 bridgehead atoms. The van der Waals surface area contributed by atoms with Crippen LogP contribution in [0.2, 0.25) is 0 Å². The molecule has 4 heteroatoms. The Kier molecular flexibility index (Phi) is 4.93. The Morgan fingerprint density at radius 1 is 1.37 bits per heavy atom. The number of ether oxygens (including phenoxy) is 1. The van der Waals surface area contributed by atoms with Gasteiger partial charge < -0.3 is 10.5 Å². The molecule has 1 aromatic rings. The number of carbonyl (C=O) groups is 1. The molecule has 0 saturated carbocycles. The minimum atomic E-state index is -0.193. The van der Waals surface area contributed by atoms with Crippen molar-refractivity contribution in [1.82, 2.24) is 4.90 Å². The van der Waals surface area contributed by atoms with E-state index in [0.29, 0.717) is 12.5 Å². The zero-order valence-corrected chi connectivity index (χ0v) is 11.5. The van der Waals surface area contributed by atoms with E-state index in [4.69, 9.17) is 10.5 Å². The Hall–Kier alpha value is -1.39. The van der Waals surface area contributed by atoms with Gasteiger partial charge in [0.05, 0.1) is 13.5 Å². The SMILES string of the molecule is COC(=O)Cc1cccc(CN2CCC(N)CC2)c1. The van der Waals surface area contributed by atoms with Crippen molar-refractivity contribution in [2.45, 2.75) is 31.8 Å². The molecular formula is C15H22N2O2. The molecule has 1 saturated heterocycles. The lowest BCUT2D eigenvalue weighted by atomic mass is 10.0. The fourth-order valence-corrected chi connectivity index (χ4v) is 2.45. The van der Waals surface area contributed by atoms with E-state index in [1.807, 2.05) is 12.1 Å². The lowest BCUT2D eigenvalue weighted by Gasteiger charge is -2.30. The van der Waals surface area contributed by atoms with Gasteiger partial charge in [-0.05, 0) is 37.1 Å². The van der Waals surface area contributed by atoms with Crippen molar-refractivity contribution in [1.29, 1.82) is 0 Å². The topological polar surface area (TPSA) is 55.6 Å². The van der Waals surface area contributed by atoms with E-state index < -0.39 is 0 Å². The summed E-state index contributed by atoms with van der Waals surface area (Å²) in [6.45, 7) is 3.05. The first-order valence-corrected chi connectivity index (χ1v) is 6.80. The molecule has 0 atom stereocenters. The van der Waals surface area contributed by atoms with Gasteiger partial charge in [-0.25, -0.2) is 0 Å². The van der Waals surface area contributed by atoms with Gasteiger partial charge in [0, 0.05) is 12.6 Å². The van der Waals surface area contributed by atoms with Crippen LogP contribution < -0.4 is 5.73 Å². The van der Waals surface area contributed by atoms with E-state index in [9.17, 15) is 4.79 Å². The summed E-state index contributed by atoms with van der Waals surface area (Å²) in [6, 6.07) is 8.53. The average Bonchev–Trinajstić information content (AvgIpc) is 2.42. The molecule has 1 aliphatic heterocycles. The van der Waals surface area contributed by atoms with Crippen molar-refractivity contribution in [3.8, 4) is 0 Å². The van der Waals surface area contributed by atoms with Crippen LogP contribution in [0.4, 0.5) is 0 Å². The molecule has 4 nitrogen and oxygen atoms in total. The number of esters is 1. The van der Waals surface area contributed by atoms with Gasteiger partial charge in [0.1, 0.15) is 0 Å². The number of carbonyl (C=O) groups excluding carboxylic acids is 1. The van der Waals surface area contributed by atoms with Crippen molar-refractivity contribution in [3.63, 3.8) is 0 Å². The van der Waals surface area contributed by atoms with E-state index >= 15 is 0 Å². The fourth-order valence-electron chi connectivity index (χ4n) is 2.45. The molecule has 0 amide bonds. The maximum Gasteiger partial charge on any atom is 0.309 e. The van der Waals surface area contributed by atoms with Crippen LogP contribution in [0.15, 0.2) is 24.3 Å². The lowest BCUT2D eigenvalue weighted by Crippen LogP contribution is -2.39. The van der Waals surface area contributed by atoms with E-state index in [-0.39, 0.29) is 5.97 Å². The summed E-state index contributed by atoms with van der Waals surface area (Å²) in [4.78, 5) is 13.7. The molecule has 0 unspecified atom stereocenters. The number of nitrogens with zero attached hydrogens (tertiary/aromatic N) is 1. The second-order valence-corrected chi connectivity index (χ2v) is 5.19. The molecule has 2 N–H and O–H groups in total. The maximum atomic E-state index is 11.3. The summed E-state index contributed by atoms with van der Waals surface area (Å²) in [5.41, 5.74) is 8.17. The summed E-state index contributed by atoms with van der Waals surface area (Å²) in [7, 11) is 1.42. The average molecular weight is 262 g/mol. The zero-order valence-electron chi connectivity index (χ0n) is 11.5. The first kappa shape index (κ1) is 14.0. The highest BCUT2D eigenvalue weighted by atomic mass is 16.5. The van der Waals surface area contributed by atoms with Crippen LogP contribution in [0.1, 0.15) is 24.0 Å². The van der Waals surface area contributed by atoms with Gasteiger partial charge in [-0.1, -0.05) is 24.3 Å². The molecule has 1 aliphatic rings. The normalized spacial score (nSPS) is 17.4. The maximum absolute atomic E-state index is 11.3. The molecule has 0 spiro atoms. The van der Waals surface area contributed by atoms with E-state index in [1.54, 1.807) is 0 Å². The Labute approximate surface area is 114 Å². The van der Waals surface area contributed by atoms with Crippen LogP contribution in [0.25, 0.3) is 0 Å². The highest BCUT2D eigenvalue weighted by Crippen LogP contribution is 2.14. The van der Waals surface area contributed by atoms with Crippen LogP contribution in [-0.4, -0.2) is 37.1 Å². The van der Waals surface area contributed by atoms with E-state index in [2.05, 4.69) is 17.0 Å². The number of rotatable bonds is 4. The first-order chi connectivity index (χ1) is 9.17. The summed E-state index contributed by atoms with van der Waals surface area (Å²) < 4.78 is 4.69. The molecule has 104 valence electrons. The summed E-state index contributed by atoms with van der Waals surface area (Å²) in [6.07, 6.45) is 2.49. The molecule has 1 aromatic carbocycles. The van der Waals surface area contributed by atoms with Gasteiger partial charge in [-0.2, -0.15) is 0 Å². The van der Waals surface area contributed by atoms with Crippen molar-refractivity contribution in [3.05, 3.63) is 35.4 Å². The van der Waals surface area contributed by atoms with Gasteiger partial charge >= 0.3 is 5.97 Å². The molecule has 1 fully saturated rings. The standard InChI is InChI=1S/C15H22N2O2/c1-19-15(18)10-12-3-2-4-13(9-12)11-17-7-5-14(16)6-8-17/h2-4,9,14H,5-8,10-11,16H2,1H3. The molecule has 0 aromatic heterocycles. The third-order valence-electron chi connectivity index (χ3n) is 3.61. The highest BCUT2D eigenvalue weighted by Gasteiger charge is 2.16. The Balaban J connectivity index is 1.93. The number of hydrogen-bond acceptors (Lipinski definition) is 4. The Morgan fingerprint density at radius 2 is 2.05 bits per heavy atom. The Morgan fingerprint density at radius 3 is 2.74 bits per heavy atom. The van der Waals surface area contributed by atoms with Crippen LogP contribution in [0.3, 0.4) is 0 Å². The van der Waals surface area contributed by atoms with Crippen LogP contribution >= 0.6 is 0 Å². The number of hydrogen-bond donors (Lipinski definition) is 1. The zero-order chi connectivity index (χ0) is 13.7. The van der Waals surface area contributed by atoms with Gasteiger partial charge in [0.25, 0.3) is 0 Å². The third-order valence-corrected chi connectivity index (χ3v) is 3.61. The van der Waals surface area contributed by atoms with Gasteiger partial charge in [-0.15, -0.1) is 0 Å².